The Balaban J connectivity index is 1.66. The number of aliphatic hydroxyl groups excluding tert-OH is 1. The molecule has 132 valence electrons. The molecule has 4 rings (SSSR count). The largest absolute Gasteiger partial charge is 0.394 e. The fourth-order valence-electron chi connectivity index (χ4n) is 3.65. The zero-order valence-electron chi connectivity index (χ0n) is 14.3. The molecular weight excluding hydrogens is 318 g/mol. The molecule has 2 aromatic rings. The molecule has 2 aliphatic rings. The zero-order chi connectivity index (χ0) is 17.4. The lowest BCUT2D eigenvalue weighted by Gasteiger charge is -2.40. The first-order valence-electron chi connectivity index (χ1n) is 8.81. The Morgan fingerprint density at radius 1 is 1.32 bits per heavy atom. The van der Waals surface area contributed by atoms with Gasteiger partial charge < -0.3 is 14.7 Å². The lowest BCUT2D eigenvalue weighted by Crippen LogP contribution is -2.49. The molecule has 2 fully saturated rings. The molecule has 1 aromatic heterocycles. The quantitative estimate of drug-likeness (QED) is 0.922. The van der Waals surface area contributed by atoms with E-state index in [0.717, 1.165) is 11.3 Å². The maximum absolute atomic E-state index is 13.2. The summed E-state index contributed by atoms with van der Waals surface area (Å²) >= 11 is 0. The number of carbonyl (C=O) groups is 1. The van der Waals surface area contributed by atoms with Gasteiger partial charge in [0.05, 0.1) is 19.3 Å². The van der Waals surface area contributed by atoms with Crippen molar-refractivity contribution in [1.82, 2.24) is 14.7 Å². The van der Waals surface area contributed by atoms with Gasteiger partial charge in [-0.25, -0.2) is 0 Å². The van der Waals surface area contributed by atoms with Gasteiger partial charge in [0.1, 0.15) is 6.10 Å². The van der Waals surface area contributed by atoms with Crippen molar-refractivity contribution in [3.05, 3.63) is 53.3 Å². The number of aromatic nitrogens is 2. The molecule has 1 saturated carbocycles. The normalized spacial score (nSPS) is 23.7. The summed E-state index contributed by atoms with van der Waals surface area (Å²) in [6.45, 7) is 0.783. The number of aryl methyl sites for hydroxylation is 1. The van der Waals surface area contributed by atoms with E-state index in [1.807, 2.05) is 48.1 Å². The molecule has 0 radical (unpaired) electrons. The molecule has 6 nitrogen and oxygen atoms in total. The van der Waals surface area contributed by atoms with Crippen LogP contribution in [0.2, 0.25) is 0 Å². The minimum Gasteiger partial charge on any atom is -0.394 e. The molecule has 2 heterocycles. The number of aliphatic hydroxyl groups is 1. The fourth-order valence-corrected chi connectivity index (χ4v) is 3.65. The highest BCUT2D eigenvalue weighted by Crippen LogP contribution is 2.40. The Hall–Kier alpha value is -2.18. The van der Waals surface area contributed by atoms with E-state index in [4.69, 9.17) is 4.74 Å². The number of rotatable bonds is 4. The van der Waals surface area contributed by atoms with Crippen LogP contribution in [0.25, 0.3) is 0 Å². The van der Waals surface area contributed by atoms with Crippen molar-refractivity contribution in [1.29, 1.82) is 0 Å². The van der Waals surface area contributed by atoms with E-state index in [1.165, 1.54) is 12.8 Å². The van der Waals surface area contributed by atoms with E-state index in [1.54, 1.807) is 4.90 Å². The molecule has 1 aromatic carbocycles. The van der Waals surface area contributed by atoms with Crippen LogP contribution in [0.1, 0.15) is 46.5 Å². The van der Waals surface area contributed by atoms with Crippen LogP contribution in [0.3, 0.4) is 0 Å². The average molecular weight is 341 g/mol. The maximum Gasteiger partial charge on any atom is 0.275 e. The summed E-state index contributed by atoms with van der Waals surface area (Å²) in [6.07, 6.45) is 1.92. The van der Waals surface area contributed by atoms with Gasteiger partial charge in [0.25, 0.3) is 5.91 Å². The first-order valence-corrected chi connectivity index (χ1v) is 8.81. The van der Waals surface area contributed by atoms with Gasteiger partial charge in [0.15, 0.2) is 5.69 Å². The lowest BCUT2D eigenvalue weighted by atomic mass is 9.98. The van der Waals surface area contributed by atoms with Gasteiger partial charge in [-0.2, -0.15) is 5.10 Å². The third-order valence-electron chi connectivity index (χ3n) is 5.06. The third kappa shape index (κ3) is 3.07. The second-order valence-electron chi connectivity index (χ2n) is 6.80. The molecule has 1 aliphatic carbocycles. The van der Waals surface area contributed by atoms with Gasteiger partial charge in [0, 0.05) is 25.2 Å². The van der Waals surface area contributed by atoms with Crippen molar-refractivity contribution in [2.45, 2.75) is 30.9 Å². The smallest absolute Gasteiger partial charge is 0.275 e. The van der Waals surface area contributed by atoms with Gasteiger partial charge >= 0.3 is 0 Å². The second kappa shape index (κ2) is 6.61. The van der Waals surface area contributed by atoms with Crippen LogP contribution >= 0.6 is 0 Å². The Morgan fingerprint density at radius 3 is 2.76 bits per heavy atom. The van der Waals surface area contributed by atoms with Crippen molar-refractivity contribution >= 4 is 5.91 Å². The van der Waals surface area contributed by atoms with E-state index in [-0.39, 0.29) is 18.6 Å². The van der Waals surface area contributed by atoms with Gasteiger partial charge in [-0.3, -0.25) is 9.48 Å². The summed E-state index contributed by atoms with van der Waals surface area (Å²) in [6, 6.07) is 11.4. The average Bonchev–Trinajstić information content (AvgIpc) is 3.43. The highest BCUT2D eigenvalue weighted by atomic mass is 16.5. The third-order valence-corrected chi connectivity index (χ3v) is 5.06. The minimum atomic E-state index is -0.424. The van der Waals surface area contributed by atoms with E-state index in [0.29, 0.717) is 24.8 Å². The van der Waals surface area contributed by atoms with Crippen LogP contribution in [0.4, 0.5) is 0 Å². The zero-order valence-corrected chi connectivity index (χ0v) is 14.3. The number of nitrogens with zero attached hydrogens (tertiary/aromatic N) is 3. The number of hydrogen-bond donors (Lipinski definition) is 1. The van der Waals surface area contributed by atoms with Crippen molar-refractivity contribution in [3.63, 3.8) is 0 Å². The summed E-state index contributed by atoms with van der Waals surface area (Å²) < 4.78 is 7.54. The highest BCUT2D eigenvalue weighted by Gasteiger charge is 2.38. The highest BCUT2D eigenvalue weighted by molar-refractivity contribution is 5.93. The molecule has 1 saturated heterocycles. The summed E-state index contributed by atoms with van der Waals surface area (Å²) in [7, 11) is 1.90. The Bertz CT molecular complexity index is 755. The number of hydrogen-bond acceptors (Lipinski definition) is 4. The number of carbonyl (C=O) groups excluding carboxylic acids is 1. The standard InChI is InChI=1S/C19H23N3O3/c1-21-16(13-7-8-13)11-15(20-21)19(24)22-9-10-25-17(12-23)18(22)14-5-3-2-4-6-14/h2-6,11,13,17-18,23H,7-10,12H2,1H3/t17-,18-/m0/s1. The van der Waals surface area contributed by atoms with E-state index in [9.17, 15) is 9.90 Å². The predicted molar refractivity (Wildman–Crippen MR) is 92.2 cm³/mol. The van der Waals surface area contributed by atoms with Crippen molar-refractivity contribution in [3.8, 4) is 0 Å². The lowest BCUT2D eigenvalue weighted by molar-refractivity contribution is -0.0812. The SMILES string of the molecule is Cn1nc(C(=O)N2CCO[C@@H](CO)[C@@H]2c2ccccc2)cc1C1CC1. The first-order chi connectivity index (χ1) is 12.2. The summed E-state index contributed by atoms with van der Waals surface area (Å²) in [5.74, 6) is 0.442. The minimum absolute atomic E-state index is 0.0990. The van der Waals surface area contributed by atoms with Gasteiger partial charge in [-0.15, -0.1) is 0 Å². The monoisotopic (exact) mass is 341 g/mol. The molecule has 1 aliphatic heterocycles. The summed E-state index contributed by atoms with van der Waals surface area (Å²) in [5, 5.41) is 14.2. The van der Waals surface area contributed by atoms with E-state index >= 15 is 0 Å². The Morgan fingerprint density at radius 2 is 2.08 bits per heavy atom. The molecular formula is C19H23N3O3. The van der Waals surface area contributed by atoms with Gasteiger partial charge in [0.2, 0.25) is 0 Å². The van der Waals surface area contributed by atoms with Crippen molar-refractivity contribution in [2.24, 2.45) is 7.05 Å². The van der Waals surface area contributed by atoms with Crippen LogP contribution in [-0.4, -0.2) is 51.6 Å². The maximum atomic E-state index is 13.2. The number of morpholine rings is 1. The molecule has 1 N–H and O–H groups in total. The Kier molecular flexibility index (Phi) is 4.31. The van der Waals surface area contributed by atoms with Crippen LogP contribution in [0, 0.1) is 0 Å². The number of benzene rings is 1. The molecule has 25 heavy (non-hydrogen) atoms. The van der Waals surface area contributed by atoms with Gasteiger partial charge in [-0.1, -0.05) is 30.3 Å². The van der Waals surface area contributed by atoms with E-state index < -0.39 is 6.10 Å². The number of ether oxygens (including phenoxy) is 1. The van der Waals surface area contributed by atoms with E-state index in [2.05, 4.69) is 5.10 Å². The van der Waals surface area contributed by atoms with Crippen LogP contribution in [0.15, 0.2) is 36.4 Å². The molecule has 1 amide bonds. The summed E-state index contributed by atoms with van der Waals surface area (Å²) in [5.41, 5.74) is 2.57. The predicted octanol–water partition coefficient (Wildman–Crippen LogP) is 1.87. The molecule has 0 bridgehead atoms. The first kappa shape index (κ1) is 16.3. The molecule has 2 atom stereocenters. The topological polar surface area (TPSA) is 67.6 Å². The number of amides is 1. The molecule has 6 heteroatoms. The van der Waals surface area contributed by atoms with Crippen LogP contribution < -0.4 is 0 Å². The van der Waals surface area contributed by atoms with Gasteiger partial charge in [-0.05, 0) is 24.5 Å². The molecule has 0 spiro atoms. The fraction of sp³-hybridized carbons (Fsp3) is 0.474. The van der Waals surface area contributed by atoms with Crippen LogP contribution in [-0.2, 0) is 11.8 Å². The molecule has 0 unspecified atom stereocenters. The second-order valence-corrected chi connectivity index (χ2v) is 6.80. The van der Waals surface area contributed by atoms with Crippen molar-refractivity contribution < 1.29 is 14.6 Å². The summed E-state index contributed by atoms with van der Waals surface area (Å²) in [4.78, 5) is 15.0. The Labute approximate surface area is 147 Å². The van der Waals surface area contributed by atoms with Crippen molar-refractivity contribution in [2.75, 3.05) is 19.8 Å². The van der Waals surface area contributed by atoms with Crippen LogP contribution in [0.5, 0.6) is 0 Å².